The monoisotopic (exact) mass is 375 g/mol. The molecule has 0 radical (unpaired) electrons. The third-order valence-corrected chi connectivity index (χ3v) is 5.42. The molecular formula is C19H21NO5S. The van der Waals surface area contributed by atoms with Gasteiger partial charge in [0, 0.05) is 6.54 Å². The summed E-state index contributed by atoms with van der Waals surface area (Å²) in [5.74, 6) is -2.17. The van der Waals surface area contributed by atoms with Crippen LogP contribution in [0.2, 0.25) is 0 Å². The summed E-state index contributed by atoms with van der Waals surface area (Å²) in [6.07, 6.45) is 1.12. The fourth-order valence-corrected chi connectivity index (χ4v) is 3.66. The Bertz CT molecular complexity index is 845. The Kier molecular flexibility index (Phi) is 6.91. The number of amides is 1. The second-order valence-electron chi connectivity index (χ2n) is 5.96. The summed E-state index contributed by atoms with van der Waals surface area (Å²) in [5.41, 5.74) is 1.92. The Morgan fingerprint density at radius 3 is 2.19 bits per heavy atom. The van der Waals surface area contributed by atoms with Gasteiger partial charge in [-0.1, -0.05) is 42.5 Å². The van der Waals surface area contributed by atoms with Crippen LogP contribution in [0.1, 0.15) is 27.9 Å². The van der Waals surface area contributed by atoms with Crippen LogP contribution >= 0.6 is 0 Å². The lowest BCUT2D eigenvalue weighted by Crippen LogP contribution is -2.31. The zero-order chi connectivity index (χ0) is 19.0. The predicted octanol–water partition coefficient (Wildman–Crippen LogP) is 2.05. The maximum absolute atomic E-state index is 12.0. The number of aryl methyl sites for hydroxylation is 1. The molecule has 6 nitrogen and oxygen atoms in total. The molecule has 7 heteroatoms. The highest BCUT2D eigenvalue weighted by Gasteiger charge is 2.16. The third-order valence-electron chi connectivity index (χ3n) is 3.81. The van der Waals surface area contributed by atoms with Crippen LogP contribution in [0.4, 0.5) is 0 Å². The summed E-state index contributed by atoms with van der Waals surface area (Å²) in [4.78, 5) is 22.6. The Hall–Kier alpha value is -2.67. The molecule has 0 aliphatic carbocycles. The van der Waals surface area contributed by atoms with Crippen LogP contribution in [0.15, 0.2) is 54.6 Å². The molecule has 0 aromatic heterocycles. The zero-order valence-corrected chi connectivity index (χ0v) is 15.0. The highest BCUT2D eigenvalue weighted by atomic mass is 32.2. The first-order chi connectivity index (χ1) is 12.4. The van der Waals surface area contributed by atoms with Gasteiger partial charge in [-0.3, -0.25) is 4.79 Å². The first kappa shape index (κ1) is 19.7. The highest BCUT2D eigenvalue weighted by molar-refractivity contribution is 7.92. The molecule has 0 bridgehead atoms. The molecule has 138 valence electrons. The van der Waals surface area contributed by atoms with E-state index in [0.29, 0.717) is 18.4 Å². The van der Waals surface area contributed by atoms with Gasteiger partial charge in [-0.05, 0) is 36.1 Å². The van der Waals surface area contributed by atoms with Crippen molar-refractivity contribution in [3.8, 4) is 0 Å². The maximum Gasteiger partial charge on any atom is 0.335 e. The normalized spacial score (nSPS) is 11.1. The molecule has 2 aromatic carbocycles. The van der Waals surface area contributed by atoms with Crippen LogP contribution < -0.4 is 5.32 Å². The van der Waals surface area contributed by atoms with E-state index < -0.39 is 27.5 Å². The fraction of sp³-hybridized carbons (Fsp3) is 0.263. The Labute approximate surface area is 152 Å². The molecule has 0 atom stereocenters. The molecular weight excluding hydrogens is 354 g/mol. The summed E-state index contributed by atoms with van der Waals surface area (Å²) in [6.45, 7) is 0.151. The Balaban J connectivity index is 1.75. The Morgan fingerprint density at radius 2 is 1.58 bits per heavy atom. The molecule has 0 spiro atoms. The Morgan fingerprint density at radius 1 is 0.923 bits per heavy atom. The van der Waals surface area contributed by atoms with Crippen LogP contribution in [-0.4, -0.2) is 36.9 Å². The summed E-state index contributed by atoms with van der Waals surface area (Å²) >= 11 is 0. The van der Waals surface area contributed by atoms with E-state index in [4.69, 9.17) is 5.11 Å². The average molecular weight is 375 g/mol. The van der Waals surface area contributed by atoms with Gasteiger partial charge < -0.3 is 10.4 Å². The predicted molar refractivity (Wildman–Crippen MR) is 98.7 cm³/mol. The van der Waals surface area contributed by atoms with Crippen LogP contribution in [0.3, 0.4) is 0 Å². The maximum atomic E-state index is 12.0. The number of carboxylic acids is 1. The van der Waals surface area contributed by atoms with Crippen molar-refractivity contribution < 1.29 is 23.1 Å². The zero-order valence-electron chi connectivity index (χ0n) is 14.2. The van der Waals surface area contributed by atoms with Crippen LogP contribution in [0.25, 0.3) is 0 Å². The van der Waals surface area contributed by atoms with E-state index in [1.54, 1.807) is 12.1 Å². The first-order valence-electron chi connectivity index (χ1n) is 8.19. The van der Waals surface area contributed by atoms with Gasteiger partial charge in [0.05, 0.1) is 11.3 Å². The topological polar surface area (TPSA) is 101 Å². The second-order valence-corrected chi connectivity index (χ2v) is 8.14. The van der Waals surface area contributed by atoms with Gasteiger partial charge in [0.15, 0.2) is 9.84 Å². The van der Waals surface area contributed by atoms with Gasteiger partial charge in [0.1, 0.15) is 5.75 Å². The summed E-state index contributed by atoms with van der Waals surface area (Å²) in [5, 5.41) is 11.4. The van der Waals surface area contributed by atoms with E-state index in [9.17, 15) is 18.0 Å². The molecule has 0 aliphatic rings. The number of benzene rings is 2. The minimum absolute atomic E-state index is 0.0391. The largest absolute Gasteiger partial charge is 0.478 e. The molecule has 0 aliphatic heterocycles. The number of rotatable bonds is 9. The minimum atomic E-state index is -3.46. The average Bonchev–Trinajstić information content (AvgIpc) is 2.60. The minimum Gasteiger partial charge on any atom is -0.478 e. The van der Waals surface area contributed by atoms with E-state index in [-0.39, 0.29) is 17.9 Å². The molecule has 0 saturated heterocycles. The SMILES string of the molecule is O=C(CS(=O)(=O)CCCc1ccccc1)NCc1ccc(C(=O)O)cc1. The number of carboxylic acid groups (broad SMARTS) is 1. The van der Waals surface area contributed by atoms with Gasteiger partial charge in [0.2, 0.25) is 5.91 Å². The van der Waals surface area contributed by atoms with Crippen molar-refractivity contribution in [1.82, 2.24) is 5.32 Å². The number of nitrogens with one attached hydrogen (secondary N) is 1. The van der Waals surface area contributed by atoms with Crippen molar-refractivity contribution in [3.05, 3.63) is 71.3 Å². The molecule has 1 amide bonds. The van der Waals surface area contributed by atoms with Crippen molar-refractivity contribution >= 4 is 21.7 Å². The van der Waals surface area contributed by atoms with E-state index in [0.717, 1.165) is 5.56 Å². The number of carbonyl (C=O) groups excluding carboxylic acids is 1. The van der Waals surface area contributed by atoms with E-state index in [1.165, 1.54) is 12.1 Å². The number of hydrogen-bond donors (Lipinski definition) is 2. The quantitative estimate of drug-likeness (QED) is 0.699. The molecule has 0 unspecified atom stereocenters. The molecule has 2 rings (SSSR count). The van der Waals surface area contributed by atoms with Crippen molar-refractivity contribution in [3.63, 3.8) is 0 Å². The lowest BCUT2D eigenvalue weighted by Gasteiger charge is -2.07. The molecule has 0 heterocycles. The molecule has 0 saturated carbocycles. The number of hydrogen-bond acceptors (Lipinski definition) is 4. The highest BCUT2D eigenvalue weighted by Crippen LogP contribution is 2.06. The lowest BCUT2D eigenvalue weighted by atomic mass is 10.1. The standard InChI is InChI=1S/C19H21NO5S/c21-18(20-13-16-8-10-17(11-9-16)19(22)23)14-26(24,25)12-4-7-15-5-2-1-3-6-15/h1-3,5-6,8-11H,4,7,12-14H2,(H,20,21)(H,22,23). The first-order valence-corrected chi connectivity index (χ1v) is 10.0. The van der Waals surface area contributed by atoms with Crippen molar-refractivity contribution in [2.24, 2.45) is 0 Å². The fourth-order valence-electron chi connectivity index (χ4n) is 2.43. The summed E-state index contributed by atoms with van der Waals surface area (Å²) in [7, 11) is -3.46. The number of sulfone groups is 1. The summed E-state index contributed by atoms with van der Waals surface area (Å²) < 4.78 is 24.1. The van der Waals surface area contributed by atoms with Crippen molar-refractivity contribution in [1.29, 1.82) is 0 Å². The number of carbonyl (C=O) groups is 2. The van der Waals surface area contributed by atoms with Gasteiger partial charge in [-0.15, -0.1) is 0 Å². The molecule has 2 N–H and O–H groups in total. The van der Waals surface area contributed by atoms with Gasteiger partial charge in [0.25, 0.3) is 0 Å². The second kappa shape index (κ2) is 9.15. The van der Waals surface area contributed by atoms with Crippen LogP contribution in [0.5, 0.6) is 0 Å². The molecule has 2 aromatic rings. The van der Waals surface area contributed by atoms with Crippen molar-refractivity contribution in [2.75, 3.05) is 11.5 Å². The van der Waals surface area contributed by atoms with Crippen LogP contribution in [0, 0.1) is 0 Å². The smallest absolute Gasteiger partial charge is 0.335 e. The van der Waals surface area contributed by atoms with E-state index >= 15 is 0 Å². The van der Waals surface area contributed by atoms with Gasteiger partial charge in [-0.25, -0.2) is 13.2 Å². The molecule has 26 heavy (non-hydrogen) atoms. The number of aromatic carboxylic acids is 1. The lowest BCUT2D eigenvalue weighted by molar-refractivity contribution is -0.118. The van der Waals surface area contributed by atoms with E-state index in [1.807, 2.05) is 30.3 Å². The summed E-state index contributed by atoms with van der Waals surface area (Å²) in [6, 6.07) is 15.6. The van der Waals surface area contributed by atoms with Crippen molar-refractivity contribution in [2.45, 2.75) is 19.4 Å². The molecule has 0 fully saturated rings. The third kappa shape index (κ3) is 6.68. The van der Waals surface area contributed by atoms with Gasteiger partial charge >= 0.3 is 5.97 Å². The van der Waals surface area contributed by atoms with Crippen LogP contribution in [-0.2, 0) is 27.6 Å². The van der Waals surface area contributed by atoms with Gasteiger partial charge in [-0.2, -0.15) is 0 Å². The van der Waals surface area contributed by atoms with E-state index in [2.05, 4.69) is 5.32 Å².